The number of rotatable bonds is 2. The van der Waals surface area contributed by atoms with Gasteiger partial charge in [0, 0.05) is 11.9 Å². The fourth-order valence-electron chi connectivity index (χ4n) is 1.59. The van der Waals surface area contributed by atoms with Crippen LogP contribution in [0.2, 0.25) is 0 Å². The molecule has 2 rings (SSSR count). The van der Waals surface area contributed by atoms with Crippen LogP contribution in [0.3, 0.4) is 0 Å². The van der Waals surface area contributed by atoms with Crippen molar-refractivity contribution in [1.82, 2.24) is 4.98 Å². The first-order chi connectivity index (χ1) is 8.58. The van der Waals surface area contributed by atoms with Crippen molar-refractivity contribution in [2.24, 2.45) is 0 Å². The minimum atomic E-state index is -0.325. The zero-order chi connectivity index (χ0) is 13.1. The Morgan fingerprint density at radius 1 is 1.39 bits per heavy atom. The second-order valence-electron chi connectivity index (χ2n) is 3.89. The highest BCUT2D eigenvalue weighted by atomic mass is 16.3. The fraction of sp³-hybridized carbons (Fsp3) is 0.0769. The van der Waals surface area contributed by atoms with Crippen LogP contribution in [-0.4, -0.2) is 16.0 Å². The van der Waals surface area contributed by atoms with Crippen molar-refractivity contribution in [1.29, 1.82) is 0 Å². The summed E-state index contributed by atoms with van der Waals surface area (Å²) >= 11 is 0. The molecule has 2 aromatic rings. The van der Waals surface area contributed by atoms with E-state index in [9.17, 15) is 9.90 Å². The molecule has 0 spiro atoms. The molecule has 0 aliphatic carbocycles. The molecule has 18 heavy (non-hydrogen) atoms. The number of nitrogen functional groups attached to an aromatic ring is 1. The van der Waals surface area contributed by atoms with E-state index in [1.165, 1.54) is 12.3 Å². The van der Waals surface area contributed by atoms with Crippen molar-refractivity contribution in [2.75, 3.05) is 11.1 Å². The third-order valence-electron chi connectivity index (χ3n) is 2.54. The van der Waals surface area contributed by atoms with E-state index in [4.69, 9.17) is 5.73 Å². The van der Waals surface area contributed by atoms with E-state index in [0.717, 1.165) is 5.56 Å². The Labute approximate surface area is 104 Å². The maximum atomic E-state index is 12.0. The normalized spacial score (nSPS) is 10.1. The first kappa shape index (κ1) is 11.9. The first-order valence-corrected chi connectivity index (χ1v) is 5.39. The number of amides is 1. The number of nitrogens with one attached hydrogen (secondary N) is 1. The Morgan fingerprint density at radius 2 is 2.17 bits per heavy atom. The lowest BCUT2D eigenvalue weighted by Crippen LogP contribution is -2.15. The highest BCUT2D eigenvalue weighted by Gasteiger charge is 2.11. The van der Waals surface area contributed by atoms with Gasteiger partial charge in [0.2, 0.25) is 0 Å². The molecule has 4 N–H and O–H groups in total. The number of pyridine rings is 1. The summed E-state index contributed by atoms with van der Waals surface area (Å²) in [6.07, 6.45) is 1.53. The van der Waals surface area contributed by atoms with Crippen LogP contribution in [0.25, 0.3) is 0 Å². The van der Waals surface area contributed by atoms with Crippen molar-refractivity contribution in [2.45, 2.75) is 6.92 Å². The van der Waals surface area contributed by atoms with Crippen molar-refractivity contribution in [3.63, 3.8) is 0 Å². The van der Waals surface area contributed by atoms with E-state index >= 15 is 0 Å². The SMILES string of the molecule is Cc1cc(O)ccc1NC(=O)c1cccnc1N. The van der Waals surface area contributed by atoms with Crippen LogP contribution in [0.1, 0.15) is 15.9 Å². The smallest absolute Gasteiger partial charge is 0.259 e. The Hall–Kier alpha value is -2.56. The minimum Gasteiger partial charge on any atom is -0.508 e. The number of aromatic hydroxyl groups is 1. The summed E-state index contributed by atoms with van der Waals surface area (Å²) in [5.41, 5.74) is 7.34. The standard InChI is InChI=1S/C13H13N3O2/c1-8-7-9(17)4-5-11(8)16-13(18)10-3-2-6-15-12(10)14/h2-7,17H,1H3,(H2,14,15)(H,16,18). The number of aryl methyl sites for hydroxylation is 1. The van der Waals surface area contributed by atoms with Crippen LogP contribution >= 0.6 is 0 Å². The van der Waals surface area contributed by atoms with Gasteiger partial charge in [-0.3, -0.25) is 4.79 Å². The molecule has 0 saturated carbocycles. The molecule has 0 radical (unpaired) electrons. The maximum absolute atomic E-state index is 12.0. The van der Waals surface area contributed by atoms with E-state index in [1.807, 2.05) is 0 Å². The molecule has 5 heteroatoms. The minimum absolute atomic E-state index is 0.159. The highest BCUT2D eigenvalue weighted by Crippen LogP contribution is 2.21. The lowest BCUT2D eigenvalue weighted by molar-refractivity contribution is 0.102. The Morgan fingerprint density at radius 3 is 2.83 bits per heavy atom. The van der Waals surface area contributed by atoms with E-state index in [2.05, 4.69) is 10.3 Å². The first-order valence-electron chi connectivity index (χ1n) is 5.39. The van der Waals surface area contributed by atoms with Gasteiger partial charge in [-0.2, -0.15) is 0 Å². The predicted octanol–water partition coefficient (Wildman–Crippen LogP) is 1.93. The van der Waals surface area contributed by atoms with Crippen LogP contribution in [-0.2, 0) is 0 Å². The molecule has 1 amide bonds. The molecule has 0 fully saturated rings. The summed E-state index contributed by atoms with van der Waals surface area (Å²) in [7, 11) is 0. The Kier molecular flexibility index (Phi) is 3.14. The molecule has 92 valence electrons. The summed E-state index contributed by atoms with van der Waals surface area (Å²) in [6.45, 7) is 1.79. The number of aromatic nitrogens is 1. The lowest BCUT2D eigenvalue weighted by atomic mass is 10.1. The Balaban J connectivity index is 2.24. The average Bonchev–Trinajstić information content (AvgIpc) is 2.33. The number of hydrogen-bond acceptors (Lipinski definition) is 4. The molecule has 0 unspecified atom stereocenters. The summed E-state index contributed by atoms with van der Waals surface area (Å²) in [6, 6.07) is 7.97. The molecule has 1 aromatic heterocycles. The van der Waals surface area contributed by atoms with Crippen LogP contribution in [0, 0.1) is 6.92 Å². The summed E-state index contributed by atoms with van der Waals surface area (Å²) in [5.74, 6) is 0.0206. The third kappa shape index (κ3) is 2.40. The number of phenols is 1. The summed E-state index contributed by atoms with van der Waals surface area (Å²) < 4.78 is 0. The van der Waals surface area contributed by atoms with Gasteiger partial charge in [-0.15, -0.1) is 0 Å². The fourth-order valence-corrected chi connectivity index (χ4v) is 1.59. The molecule has 5 nitrogen and oxygen atoms in total. The van der Waals surface area contributed by atoms with Crippen LogP contribution < -0.4 is 11.1 Å². The molecule has 0 saturated heterocycles. The molecular weight excluding hydrogens is 230 g/mol. The van der Waals surface area contributed by atoms with Crippen molar-refractivity contribution < 1.29 is 9.90 Å². The number of phenolic OH excluding ortho intramolecular Hbond substituents is 1. The van der Waals surface area contributed by atoms with Gasteiger partial charge in [0.25, 0.3) is 5.91 Å². The zero-order valence-electron chi connectivity index (χ0n) is 9.84. The summed E-state index contributed by atoms with van der Waals surface area (Å²) in [5, 5.41) is 12.0. The number of nitrogens with two attached hydrogens (primary N) is 1. The second-order valence-corrected chi connectivity index (χ2v) is 3.89. The largest absolute Gasteiger partial charge is 0.508 e. The monoisotopic (exact) mass is 243 g/mol. The van der Waals surface area contributed by atoms with E-state index in [-0.39, 0.29) is 17.5 Å². The average molecular weight is 243 g/mol. The van der Waals surface area contributed by atoms with Gasteiger partial charge in [0.1, 0.15) is 11.6 Å². The number of nitrogens with zero attached hydrogens (tertiary/aromatic N) is 1. The number of anilines is 2. The molecule has 0 bridgehead atoms. The van der Waals surface area contributed by atoms with Crippen molar-refractivity contribution >= 4 is 17.4 Å². The van der Waals surface area contributed by atoms with Gasteiger partial charge < -0.3 is 16.2 Å². The van der Waals surface area contributed by atoms with Crippen molar-refractivity contribution in [3.8, 4) is 5.75 Å². The second kappa shape index (κ2) is 4.75. The van der Waals surface area contributed by atoms with Gasteiger partial charge in [0.05, 0.1) is 5.56 Å². The van der Waals surface area contributed by atoms with Gasteiger partial charge in [-0.1, -0.05) is 0 Å². The van der Waals surface area contributed by atoms with E-state index in [1.54, 1.807) is 31.2 Å². The molecule has 0 aliphatic heterocycles. The summed E-state index contributed by atoms with van der Waals surface area (Å²) in [4.78, 5) is 15.8. The third-order valence-corrected chi connectivity index (χ3v) is 2.54. The van der Waals surface area contributed by atoms with E-state index < -0.39 is 0 Å². The van der Waals surface area contributed by atoms with Gasteiger partial charge >= 0.3 is 0 Å². The lowest BCUT2D eigenvalue weighted by Gasteiger charge is -2.09. The van der Waals surface area contributed by atoms with Gasteiger partial charge in [-0.25, -0.2) is 4.98 Å². The molecule has 0 atom stereocenters. The predicted molar refractivity (Wildman–Crippen MR) is 69.4 cm³/mol. The highest BCUT2D eigenvalue weighted by molar-refractivity contribution is 6.07. The molecular formula is C13H13N3O2. The quantitative estimate of drug-likeness (QED) is 0.703. The zero-order valence-corrected chi connectivity index (χ0v) is 9.84. The number of carbonyl (C=O) groups is 1. The number of hydrogen-bond donors (Lipinski definition) is 3. The van der Waals surface area contributed by atoms with Crippen LogP contribution in [0.4, 0.5) is 11.5 Å². The molecule has 0 aliphatic rings. The molecule has 1 aromatic carbocycles. The van der Waals surface area contributed by atoms with Crippen LogP contribution in [0.15, 0.2) is 36.5 Å². The number of benzene rings is 1. The molecule has 1 heterocycles. The van der Waals surface area contributed by atoms with Crippen LogP contribution in [0.5, 0.6) is 5.75 Å². The van der Waals surface area contributed by atoms with Gasteiger partial charge in [0.15, 0.2) is 0 Å². The topological polar surface area (TPSA) is 88.2 Å². The van der Waals surface area contributed by atoms with Gasteiger partial charge in [-0.05, 0) is 42.8 Å². The maximum Gasteiger partial charge on any atom is 0.259 e. The Bertz CT molecular complexity index is 597. The van der Waals surface area contributed by atoms with Crippen molar-refractivity contribution in [3.05, 3.63) is 47.7 Å². The number of carbonyl (C=O) groups excluding carboxylic acids is 1. The van der Waals surface area contributed by atoms with E-state index in [0.29, 0.717) is 11.3 Å².